The molecule has 0 atom stereocenters. The van der Waals surface area contributed by atoms with Gasteiger partial charge in [-0.3, -0.25) is 9.59 Å². The molecule has 120 valence electrons. The van der Waals surface area contributed by atoms with Crippen LogP contribution in [-0.4, -0.2) is 10.5 Å². The van der Waals surface area contributed by atoms with Gasteiger partial charge < -0.3 is 9.88 Å². The summed E-state index contributed by atoms with van der Waals surface area (Å²) in [6, 6.07) is 18.3. The summed E-state index contributed by atoms with van der Waals surface area (Å²) in [6.07, 6.45) is 1.62. The van der Waals surface area contributed by atoms with Crippen LogP contribution in [0.5, 0.6) is 0 Å². The van der Waals surface area contributed by atoms with Crippen LogP contribution in [0.4, 0.5) is 10.1 Å². The van der Waals surface area contributed by atoms with Crippen molar-refractivity contribution >= 4 is 11.6 Å². The van der Waals surface area contributed by atoms with Gasteiger partial charge in [-0.15, -0.1) is 0 Å². The number of halogens is 1. The van der Waals surface area contributed by atoms with Gasteiger partial charge in [0.05, 0.1) is 12.2 Å². The van der Waals surface area contributed by atoms with E-state index in [2.05, 4.69) is 5.32 Å². The number of rotatable bonds is 4. The first-order valence-corrected chi connectivity index (χ1v) is 7.44. The molecule has 0 unspecified atom stereocenters. The molecule has 1 heterocycles. The van der Waals surface area contributed by atoms with Crippen LogP contribution in [0.3, 0.4) is 0 Å². The van der Waals surface area contributed by atoms with Gasteiger partial charge in [0.2, 0.25) is 0 Å². The summed E-state index contributed by atoms with van der Waals surface area (Å²) in [6.45, 7) is 0.362. The van der Waals surface area contributed by atoms with E-state index in [4.69, 9.17) is 0 Å². The minimum atomic E-state index is -0.632. The van der Waals surface area contributed by atoms with Gasteiger partial charge in [-0.05, 0) is 29.8 Å². The van der Waals surface area contributed by atoms with Crippen molar-refractivity contribution in [3.63, 3.8) is 0 Å². The average Bonchev–Trinajstić information content (AvgIpc) is 2.59. The van der Waals surface area contributed by atoms with Crippen molar-refractivity contribution in [1.82, 2.24) is 4.57 Å². The van der Waals surface area contributed by atoms with Gasteiger partial charge in [-0.1, -0.05) is 42.5 Å². The Kier molecular flexibility index (Phi) is 4.52. The molecular weight excluding hydrogens is 307 g/mol. The zero-order chi connectivity index (χ0) is 16.9. The number of benzene rings is 2. The molecule has 0 radical (unpaired) electrons. The number of hydrogen-bond acceptors (Lipinski definition) is 2. The molecule has 1 amide bonds. The SMILES string of the molecule is O=C(Nc1ccccc1F)c1cccn(Cc2ccccc2)c1=O. The summed E-state index contributed by atoms with van der Waals surface area (Å²) >= 11 is 0. The standard InChI is InChI=1S/C19H15FN2O2/c20-16-10-4-5-11-17(16)21-18(23)15-9-6-12-22(19(15)24)13-14-7-2-1-3-8-14/h1-12H,13H2,(H,21,23). The van der Waals surface area contributed by atoms with E-state index in [0.717, 1.165) is 5.56 Å². The van der Waals surface area contributed by atoms with Crippen molar-refractivity contribution in [2.24, 2.45) is 0 Å². The fourth-order valence-electron chi connectivity index (χ4n) is 2.37. The van der Waals surface area contributed by atoms with Gasteiger partial charge in [-0.2, -0.15) is 0 Å². The van der Waals surface area contributed by atoms with Gasteiger partial charge in [0.25, 0.3) is 11.5 Å². The highest BCUT2D eigenvalue weighted by molar-refractivity contribution is 6.04. The fraction of sp³-hybridized carbons (Fsp3) is 0.0526. The molecule has 0 aliphatic rings. The van der Waals surface area contributed by atoms with Crippen LogP contribution in [0.25, 0.3) is 0 Å². The first kappa shape index (κ1) is 15.7. The molecule has 0 aliphatic carbocycles. The van der Waals surface area contributed by atoms with Crippen LogP contribution in [0, 0.1) is 5.82 Å². The van der Waals surface area contributed by atoms with E-state index in [0.29, 0.717) is 6.54 Å². The second-order valence-corrected chi connectivity index (χ2v) is 5.27. The molecule has 0 saturated heterocycles. The Hall–Kier alpha value is -3.21. The second-order valence-electron chi connectivity index (χ2n) is 5.27. The van der Waals surface area contributed by atoms with E-state index in [1.807, 2.05) is 30.3 Å². The molecule has 0 saturated carbocycles. The number of carbonyl (C=O) groups excluding carboxylic acids is 1. The van der Waals surface area contributed by atoms with Crippen molar-refractivity contribution in [1.29, 1.82) is 0 Å². The van der Waals surface area contributed by atoms with Gasteiger partial charge in [0.1, 0.15) is 11.4 Å². The Morgan fingerprint density at radius 2 is 1.67 bits per heavy atom. The Morgan fingerprint density at radius 1 is 0.958 bits per heavy atom. The third kappa shape index (κ3) is 3.41. The Morgan fingerprint density at radius 3 is 2.42 bits per heavy atom. The van der Waals surface area contributed by atoms with Gasteiger partial charge >= 0.3 is 0 Å². The molecule has 2 aromatic carbocycles. The van der Waals surface area contributed by atoms with Crippen LogP contribution in [-0.2, 0) is 6.54 Å². The smallest absolute Gasteiger partial charge is 0.263 e. The predicted octanol–water partition coefficient (Wildman–Crippen LogP) is 3.29. The predicted molar refractivity (Wildman–Crippen MR) is 90.6 cm³/mol. The summed E-state index contributed by atoms with van der Waals surface area (Å²) < 4.78 is 15.1. The molecule has 5 heteroatoms. The summed E-state index contributed by atoms with van der Waals surface area (Å²) in [4.78, 5) is 24.8. The Labute approximate surface area is 138 Å². The molecule has 1 N–H and O–H groups in total. The van der Waals surface area contributed by atoms with Crippen molar-refractivity contribution < 1.29 is 9.18 Å². The lowest BCUT2D eigenvalue weighted by Gasteiger charge is -2.09. The van der Waals surface area contributed by atoms with E-state index in [-0.39, 0.29) is 11.3 Å². The van der Waals surface area contributed by atoms with E-state index in [1.54, 1.807) is 18.3 Å². The minimum Gasteiger partial charge on any atom is -0.319 e. The number of hydrogen-bond donors (Lipinski definition) is 1. The van der Waals surface area contributed by atoms with Crippen LogP contribution in [0.1, 0.15) is 15.9 Å². The van der Waals surface area contributed by atoms with Crippen molar-refractivity contribution in [3.8, 4) is 0 Å². The van der Waals surface area contributed by atoms with Gasteiger partial charge in [-0.25, -0.2) is 4.39 Å². The lowest BCUT2D eigenvalue weighted by atomic mass is 10.2. The maximum absolute atomic E-state index is 13.6. The summed E-state index contributed by atoms with van der Waals surface area (Å²) in [5.41, 5.74) is 0.540. The number of carbonyl (C=O) groups is 1. The molecule has 0 spiro atoms. The van der Waals surface area contributed by atoms with Crippen molar-refractivity contribution in [3.05, 3.63) is 100 Å². The molecule has 24 heavy (non-hydrogen) atoms. The Bertz CT molecular complexity index is 920. The zero-order valence-electron chi connectivity index (χ0n) is 12.8. The van der Waals surface area contributed by atoms with Crippen LogP contribution in [0.15, 0.2) is 77.7 Å². The lowest BCUT2D eigenvalue weighted by molar-refractivity contribution is 0.102. The number of nitrogens with zero attached hydrogens (tertiary/aromatic N) is 1. The lowest BCUT2D eigenvalue weighted by Crippen LogP contribution is -2.29. The average molecular weight is 322 g/mol. The third-order valence-electron chi connectivity index (χ3n) is 3.58. The largest absolute Gasteiger partial charge is 0.319 e. The number of aromatic nitrogens is 1. The molecule has 4 nitrogen and oxygen atoms in total. The molecule has 3 aromatic rings. The first-order chi connectivity index (χ1) is 11.6. The highest BCUT2D eigenvalue weighted by Gasteiger charge is 2.14. The number of para-hydroxylation sites is 1. The number of pyridine rings is 1. The highest BCUT2D eigenvalue weighted by Crippen LogP contribution is 2.13. The normalized spacial score (nSPS) is 10.4. The highest BCUT2D eigenvalue weighted by atomic mass is 19.1. The van der Waals surface area contributed by atoms with Crippen LogP contribution < -0.4 is 10.9 Å². The monoisotopic (exact) mass is 322 g/mol. The number of nitrogens with one attached hydrogen (secondary N) is 1. The van der Waals surface area contributed by atoms with Crippen LogP contribution >= 0.6 is 0 Å². The zero-order valence-corrected chi connectivity index (χ0v) is 12.8. The number of anilines is 1. The summed E-state index contributed by atoms with van der Waals surface area (Å²) in [7, 11) is 0. The van der Waals surface area contributed by atoms with Crippen LogP contribution in [0.2, 0.25) is 0 Å². The molecule has 0 aliphatic heterocycles. The van der Waals surface area contributed by atoms with E-state index < -0.39 is 17.3 Å². The second kappa shape index (κ2) is 6.91. The Balaban J connectivity index is 1.86. The summed E-state index contributed by atoms with van der Waals surface area (Å²) in [5.74, 6) is -1.18. The topological polar surface area (TPSA) is 51.1 Å². The minimum absolute atomic E-state index is 0.0308. The fourth-order valence-corrected chi connectivity index (χ4v) is 2.37. The first-order valence-electron chi connectivity index (χ1n) is 7.44. The van der Waals surface area contributed by atoms with E-state index in [1.165, 1.54) is 28.8 Å². The van der Waals surface area contributed by atoms with E-state index in [9.17, 15) is 14.0 Å². The molecule has 0 fully saturated rings. The maximum Gasteiger partial charge on any atom is 0.263 e. The third-order valence-corrected chi connectivity index (χ3v) is 3.58. The van der Waals surface area contributed by atoms with Gasteiger partial charge in [0, 0.05) is 6.20 Å². The van der Waals surface area contributed by atoms with E-state index >= 15 is 0 Å². The molecular formula is C19H15FN2O2. The maximum atomic E-state index is 13.6. The summed E-state index contributed by atoms with van der Waals surface area (Å²) in [5, 5.41) is 2.43. The molecule has 0 bridgehead atoms. The van der Waals surface area contributed by atoms with Gasteiger partial charge in [0.15, 0.2) is 0 Å². The number of amides is 1. The van der Waals surface area contributed by atoms with Crippen molar-refractivity contribution in [2.75, 3.05) is 5.32 Å². The molecule has 3 rings (SSSR count). The van der Waals surface area contributed by atoms with Crippen molar-refractivity contribution in [2.45, 2.75) is 6.54 Å². The molecule has 1 aromatic heterocycles. The quantitative estimate of drug-likeness (QED) is 0.801.